The molecule has 4 nitrogen and oxygen atoms in total. The number of rotatable bonds is 4. The monoisotopic (exact) mass is 279 g/mol. The van der Waals surface area contributed by atoms with Crippen LogP contribution in [0.25, 0.3) is 22.5 Å². The van der Waals surface area contributed by atoms with Gasteiger partial charge in [-0.25, -0.2) is 0 Å². The van der Waals surface area contributed by atoms with Crippen molar-refractivity contribution in [1.82, 2.24) is 15.1 Å². The van der Waals surface area contributed by atoms with E-state index in [0.717, 1.165) is 35.3 Å². The minimum Gasteiger partial charge on any atom is -0.351 e. The average Bonchev–Trinajstić information content (AvgIpc) is 3.39. The van der Waals surface area contributed by atoms with Crippen molar-refractivity contribution in [2.75, 3.05) is 0 Å². The Morgan fingerprint density at radius 1 is 1.19 bits per heavy atom. The van der Waals surface area contributed by atoms with Gasteiger partial charge in [0, 0.05) is 17.3 Å². The van der Waals surface area contributed by atoms with Gasteiger partial charge in [-0.3, -0.25) is 0 Å². The lowest BCUT2D eigenvalue weighted by atomic mass is 10.1. The SMILES string of the molecule is c1cc(C2CC2)c2cc(-c3nc(CC4CC4)no3)[nH]c2c1. The first-order valence-electron chi connectivity index (χ1n) is 7.81. The van der Waals surface area contributed by atoms with Gasteiger partial charge in [0.2, 0.25) is 0 Å². The van der Waals surface area contributed by atoms with Crippen molar-refractivity contribution in [3.63, 3.8) is 0 Å². The maximum Gasteiger partial charge on any atom is 0.274 e. The van der Waals surface area contributed by atoms with E-state index in [1.807, 2.05) is 0 Å². The van der Waals surface area contributed by atoms with Crippen LogP contribution in [0, 0.1) is 5.92 Å². The molecule has 2 aliphatic carbocycles. The standard InChI is InChI=1S/C17H17N3O/c1-2-12(11-6-7-11)13-9-15(18-14(13)3-1)17-19-16(20-21-17)8-10-4-5-10/h1-3,9-11,18H,4-8H2. The van der Waals surface area contributed by atoms with Crippen LogP contribution in [0.3, 0.4) is 0 Å². The van der Waals surface area contributed by atoms with E-state index in [1.54, 1.807) is 0 Å². The number of H-pyrrole nitrogens is 1. The smallest absolute Gasteiger partial charge is 0.274 e. The molecule has 106 valence electrons. The fraction of sp³-hybridized carbons (Fsp3) is 0.412. The fourth-order valence-electron chi connectivity index (χ4n) is 3.07. The van der Waals surface area contributed by atoms with Crippen molar-refractivity contribution in [3.8, 4) is 11.6 Å². The van der Waals surface area contributed by atoms with E-state index in [0.29, 0.717) is 5.89 Å². The molecule has 0 saturated heterocycles. The van der Waals surface area contributed by atoms with Crippen molar-refractivity contribution < 1.29 is 4.52 Å². The summed E-state index contributed by atoms with van der Waals surface area (Å²) in [5.41, 5.74) is 3.55. The highest BCUT2D eigenvalue weighted by Crippen LogP contribution is 2.43. The molecule has 0 bridgehead atoms. The maximum atomic E-state index is 5.43. The van der Waals surface area contributed by atoms with Crippen LogP contribution >= 0.6 is 0 Å². The van der Waals surface area contributed by atoms with E-state index in [2.05, 4.69) is 39.4 Å². The van der Waals surface area contributed by atoms with Gasteiger partial charge in [-0.1, -0.05) is 17.3 Å². The van der Waals surface area contributed by atoms with Crippen molar-refractivity contribution in [3.05, 3.63) is 35.7 Å². The number of hydrogen-bond donors (Lipinski definition) is 1. The molecular formula is C17H17N3O. The summed E-state index contributed by atoms with van der Waals surface area (Å²) in [5, 5.41) is 5.41. The normalized spacial score (nSPS) is 18.5. The third kappa shape index (κ3) is 2.06. The number of nitrogens with one attached hydrogen (secondary N) is 1. The molecule has 0 amide bonds. The Morgan fingerprint density at radius 2 is 2.10 bits per heavy atom. The van der Waals surface area contributed by atoms with E-state index >= 15 is 0 Å². The molecular weight excluding hydrogens is 262 g/mol. The second-order valence-electron chi connectivity index (χ2n) is 6.43. The molecule has 21 heavy (non-hydrogen) atoms. The third-order valence-electron chi connectivity index (χ3n) is 4.58. The van der Waals surface area contributed by atoms with Crippen LogP contribution in [0.2, 0.25) is 0 Å². The molecule has 1 N–H and O–H groups in total. The summed E-state index contributed by atoms with van der Waals surface area (Å²) in [5.74, 6) is 2.97. The van der Waals surface area contributed by atoms with Crippen LogP contribution in [0.1, 0.15) is 43.0 Å². The van der Waals surface area contributed by atoms with Crippen molar-refractivity contribution in [2.45, 2.75) is 38.0 Å². The fourth-order valence-corrected chi connectivity index (χ4v) is 3.07. The van der Waals surface area contributed by atoms with Crippen LogP contribution in [0.5, 0.6) is 0 Å². The number of aromatic amines is 1. The lowest BCUT2D eigenvalue weighted by Crippen LogP contribution is -1.89. The first-order valence-corrected chi connectivity index (χ1v) is 7.81. The molecule has 3 aromatic rings. The molecule has 2 saturated carbocycles. The number of aromatic nitrogens is 3. The van der Waals surface area contributed by atoms with Gasteiger partial charge in [-0.15, -0.1) is 0 Å². The Kier molecular flexibility index (Phi) is 2.31. The van der Waals surface area contributed by atoms with Crippen molar-refractivity contribution in [1.29, 1.82) is 0 Å². The van der Waals surface area contributed by atoms with Crippen LogP contribution in [-0.4, -0.2) is 15.1 Å². The van der Waals surface area contributed by atoms with Crippen LogP contribution < -0.4 is 0 Å². The van der Waals surface area contributed by atoms with Crippen molar-refractivity contribution in [2.24, 2.45) is 5.92 Å². The zero-order valence-electron chi connectivity index (χ0n) is 11.8. The van der Waals surface area contributed by atoms with Crippen LogP contribution in [0.4, 0.5) is 0 Å². The molecule has 0 unspecified atom stereocenters. The highest BCUT2D eigenvalue weighted by molar-refractivity contribution is 5.88. The van der Waals surface area contributed by atoms with E-state index in [-0.39, 0.29) is 0 Å². The van der Waals surface area contributed by atoms with Crippen molar-refractivity contribution >= 4 is 10.9 Å². The van der Waals surface area contributed by atoms with E-state index < -0.39 is 0 Å². The molecule has 5 rings (SSSR count). The summed E-state index contributed by atoms with van der Waals surface area (Å²) in [7, 11) is 0. The Labute approximate surface area is 122 Å². The summed E-state index contributed by atoms with van der Waals surface area (Å²) >= 11 is 0. The lowest BCUT2D eigenvalue weighted by Gasteiger charge is -1.98. The summed E-state index contributed by atoms with van der Waals surface area (Å²) < 4.78 is 5.43. The van der Waals surface area contributed by atoms with Gasteiger partial charge in [0.15, 0.2) is 5.82 Å². The summed E-state index contributed by atoms with van der Waals surface area (Å²) in [6.07, 6.45) is 6.19. The Hall–Kier alpha value is -2.10. The van der Waals surface area contributed by atoms with E-state index in [4.69, 9.17) is 4.52 Å². The van der Waals surface area contributed by atoms with Gasteiger partial charge in [0.1, 0.15) is 5.69 Å². The maximum absolute atomic E-state index is 5.43. The number of nitrogens with zero attached hydrogens (tertiary/aromatic N) is 2. The predicted molar refractivity (Wildman–Crippen MR) is 80.0 cm³/mol. The Bertz CT molecular complexity index is 808. The highest BCUT2D eigenvalue weighted by Gasteiger charge is 2.27. The molecule has 2 fully saturated rings. The van der Waals surface area contributed by atoms with Gasteiger partial charge in [-0.2, -0.15) is 4.98 Å². The molecule has 4 heteroatoms. The number of benzene rings is 1. The third-order valence-corrected chi connectivity index (χ3v) is 4.58. The quantitative estimate of drug-likeness (QED) is 0.784. The largest absolute Gasteiger partial charge is 0.351 e. The second-order valence-corrected chi connectivity index (χ2v) is 6.43. The molecule has 0 aliphatic heterocycles. The van der Waals surface area contributed by atoms with Gasteiger partial charge >= 0.3 is 0 Å². The molecule has 2 heterocycles. The zero-order chi connectivity index (χ0) is 13.8. The van der Waals surface area contributed by atoms with Gasteiger partial charge in [-0.05, 0) is 55.2 Å². The predicted octanol–water partition coefficient (Wildman–Crippen LogP) is 4.05. The first-order chi connectivity index (χ1) is 10.4. The summed E-state index contributed by atoms with van der Waals surface area (Å²) in [4.78, 5) is 7.96. The molecule has 2 aliphatic rings. The molecule has 0 spiro atoms. The van der Waals surface area contributed by atoms with E-state index in [9.17, 15) is 0 Å². The van der Waals surface area contributed by atoms with Gasteiger partial charge in [0.25, 0.3) is 5.89 Å². The summed E-state index contributed by atoms with van der Waals surface area (Å²) in [6.45, 7) is 0. The Balaban J connectivity index is 1.54. The minimum absolute atomic E-state index is 0.614. The van der Waals surface area contributed by atoms with Crippen LogP contribution in [-0.2, 0) is 6.42 Å². The average molecular weight is 279 g/mol. The highest BCUT2D eigenvalue weighted by atomic mass is 16.5. The second kappa shape index (κ2) is 4.20. The topological polar surface area (TPSA) is 54.7 Å². The zero-order valence-corrected chi connectivity index (χ0v) is 11.8. The van der Waals surface area contributed by atoms with Gasteiger partial charge < -0.3 is 9.51 Å². The van der Waals surface area contributed by atoms with Gasteiger partial charge in [0.05, 0.1) is 0 Å². The first kappa shape index (κ1) is 11.5. The molecule has 1 aromatic carbocycles. The summed E-state index contributed by atoms with van der Waals surface area (Å²) in [6, 6.07) is 8.65. The lowest BCUT2D eigenvalue weighted by molar-refractivity contribution is 0.420. The molecule has 2 aromatic heterocycles. The van der Waals surface area contributed by atoms with Crippen LogP contribution in [0.15, 0.2) is 28.8 Å². The molecule has 0 radical (unpaired) electrons. The molecule has 0 atom stereocenters. The van der Waals surface area contributed by atoms with E-state index in [1.165, 1.54) is 36.6 Å². The minimum atomic E-state index is 0.614. The number of fused-ring (bicyclic) bond motifs is 1. The Morgan fingerprint density at radius 3 is 2.90 bits per heavy atom. The number of hydrogen-bond acceptors (Lipinski definition) is 3.